The van der Waals surface area contributed by atoms with E-state index in [-0.39, 0.29) is 5.91 Å². The molecule has 1 N–H and O–H groups in total. The maximum absolute atomic E-state index is 11.9. The maximum atomic E-state index is 11.9. The Balaban J connectivity index is 2.35. The Morgan fingerprint density at radius 2 is 2.24 bits per heavy atom. The van der Waals surface area contributed by atoms with Gasteiger partial charge in [-0.1, -0.05) is 0 Å². The summed E-state index contributed by atoms with van der Waals surface area (Å²) < 4.78 is 5.23. The van der Waals surface area contributed by atoms with Gasteiger partial charge in [-0.15, -0.1) is 0 Å². The van der Waals surface area contributed by atoms with Crippen LogP contribution in [0.3, 0.4) is 0 Å². The normalized spacial score (nSPS) is 14.1. The van der Waals surface area contributed by atoms with Crippen molar-refractivity contribution >= 4 is 11.6 Å². The van der Waals surface area contributed by atoms with E-state index in [2.05, 4.69) is 5.32 Å². The Kier molecular flexibility index (Phi) is 3.33. The fourth-order valence-electron chi connectivity index (χ4n) is 2.30. The van der Waals surface area contributed by atoms with Crippen LogP contribution in [0, 0.1) is 6.92 Å². The first kappa shape index (κ1) is 11.9. The number of methoxy groups -OCH3 is 1. The number of ether oxygens (including phenoxy) is 1. The first-order valence-corrected chi connectivity index (χ1v) is 5.80. The van der Waals surface area contributed by atoms with Crippen LogP contribution < -0.4 is 15.0 Å². The molecule has 1 amide bonds. The van der Waals surface area contributed by atoms with E-state index in [0.29, 0.717) is 6.42 Å². The Bertz CT molecular complexity index is 443. The van der Waals surface area contributed by atoms with Gasteiger partial charge in [0.2, 0.25) is 5.91 Å². The zero-order valence-corrected chi connectivity index (χ0v) is 10.5. The molecule has 0 unspecified atom stereocenters. The van der Waals surface area contributed by atoms with Gasteiger partial charge in [-0.3, -0.25) is 4.79 Å². The molecular formula is C13H18N2O2. The van der Waals surface area contributed by atoms with Crippen LogP contribution in [0.25, 0.3) is 0 Å². The number of hydrogen-bond donors (Lipinski definition) is 1. The number of carbonyl (C=O) groups is 1. The molecular weight excluding hydrogens is 216 g/mol. The van der Waals surface area contributed by atoms with Crippen molar-refractivity contribution in [1.29, 1.82) is 0 Å². The molecule has 0 fully saturated rings. The molecule has 1 aromatic carbocycles. The lowest BCUT2D eigenvalue weighted by molar-refractivity contribution is -0.117. The molecule has 0 bridgehead atoms. The molecule has 0 saturated heterocycles. The van der Waals surface area contributed by atoms with Gasteiger partial charge in [0.25, 0.3) is 0 Å². The SMILES string of the molecule is CNCCN1C(=O)Cc2cc(OC)cc(C)c21. The van der Waals surface area contributed by atoms with Crippen molar-refractivity contribution < 1.29 is 9.53 Å². The Labute approximate surface area is 102 Å². The van der Waals surface area contributed by atoms with Crippen molar-refractivity contribution in [2.75, 3.05) is 32.1 Å². The summed E-state index contributed by atoms with van der Waals surface area (Å²) in [6.07, 6.45) is 0.483. The summed E-state index contributed by atoms with van der Waals surface area (Å²) in [6.45, 7) is 3.54. The Morgan fingerprint density at radius 1 is 1.47 bits per heavy atom. The number of benzene rings is 1. The maximum Gasteiger partial charge on any atom is 0.231 e. The highest BCUT2D eigenvalue weighted by molar-refractivity contribution is 6.02. The molecule has 0 radical (unpaired) electrons. The second-order valence-electron chi connectivity index (χ2n) is 4.28. The monoisotopic (exact) mass is 234 g/mol. The van der Waals surface area contributed by atoms with Crippen molar-refractivity contribution in [3.05, 3.63) is 23.3 Å². The summed E-state index contributed by atoms with van der Waals surface area (Å²) in [5.74, 6) is 0.996. The molecule has 1 heterocycles. The van der Waals surface area contributed by atoms with Crippen LogP contribution in [0.2, 0.25) is 0 Å². The van der Waals surface area contributed by atoms with Crippen LogP contribution in [0.15, 0.2) is 12.1 Å². The van der Waals surface area contributed by atoms with Gasteiger partial charge in [-0.2, -0.15) is 0 Å². The third-order valence-electron chi connectivity index (χ3n) is 3.09. The number of fused-ring (bicyclic) bond motifs is 1. The summed E-state index contributed by atoms with van der Waals surface area (Å²) in [7, 11) is 3.54. The van der Waals surface area contributed by atoms with Crippen LogP contribution in [-0.4, -0.2) is 33.2 Å². The summed E-state index contributed by atoms with van der Waals surface area (Å²) >= 11 is 0. The van der Waals surface area contributed by atoms with E-state index >= 15 is 0 Å². The highest BCUT2D eigenvalue weighted by Gasteiger charge is 2.28. The fraction of sp³-hybridized carbons (Fsp3) is 0.462. The minimum Gasteiger partial charge on any atom is -0.497 e. The van der Waals surface area contributed by atoms with Crippen LogP contribution in [0.5, 0.6) is 5.75 Å². The van der Waals surface area contributed by atoms with Crippen molar-refractivity contribution in [1.82, 2.24) is 5.32 Å². The van der Waals surface area contributed by atoms with Crippen molar-refractivity contribution in [2.45, 2.75) is 13.3 Å². The molecule has 0 spiro atoms. The van der Waals surface area contributed by atoms with Gasteiger partial charge in [-0.25, -0.2) is 0 Å². The minimum atomic E-state index is 0.173. The molecule has 1 aromatic rings. The predicted octanol–water partition coefficient (Wildman–Crippen LogP) is 1.11. The van der Waals surface area contributed by atoms with Gasteiger partial charge in [0, 0.05) is 13.1 Å². The summed E-state index contributed by atoms with van der Waals surface area (Å²) in [5.41, 5.74) is 3.23. The van der Waals surface area contributed by atoms with E-state index < -0.39 is 0 Å². The number of nitrogens with one attached hydrogen (secondary N) is 1. The quantitative estimate of drug-likeness (QED) is 0.848. The molecule has 0 aliphatic carbocycles. The largest absolute Gasteiger partial charge is 0.497 e. The third-order valence-corrected chi connectivity index (χ3v) is 3.09. The number of hydrogen-bond acceptors (Lipinski definition) is 3. The molecule has 0 aromatic heterocycles. The molecule has 17 heavy (non-hydrogen) atoms. The molecule has 2 rings (SSSR count). The lowest BCUT2D eigenvalue weighted by Gasteiger charge is -2.19. The second kappa shape index (κ2) is 4.75. The molecule has 1 aliphatic rings. The first-order valence-electron chi connectivity index (χ1n) is 5.80. The van der Waals surface area contributed by atoms with Crippen LogP contribution in [0.1, 0.15) is 11.1 Å². The van der Waals surface area contributed by atoms with Crippen LogP contribution in [-0.2, 0) is 11.2 Å². The van der Waals surface area contributed by atoms with E-state index in [1.54, 1.807) is 7.11 Å². The smallest absolute Gasteiger partial charge is 0.231 e. The van der Waals surface area contributed by atoms with Gasteiger partial charge in [0.1, 0.15) is 5.75 Å². The predicted molar refractivity (Wildman–Crippen MR) is 67.7 cm³/mol. The zero-order valence-electron chi connectivity index (χ0n) is 10.5. The lowest BCUT2D eigenvalue weighted by Crippen LogP contribution is -2.33. The van der Waals surface area contributed by atoms with Crippen molar-refractivity contribution in [3.8, 4) is 5.75 Å². The minimum absolute atomic E-state index is 0.173. The molecule has 1 aliphatic heterocycles. The molecule has 0 atom stereocenters. The number of aryl methyl sites for hydroxylation is 1. The van der Waals surface area contributed by atoms with Crippen molar-refractivity contribution in [3.63, 3.8) is 0 Å². The second-order valence-corrected chi connectivity index (χ2v) is 4.28. The Morgan fingerprint density at radius 3 is 2.88 bits per heavy atom. The Hall–Kier alpha value is -1.55. The molecule has 92 valence electrons. The number of anilines is 1. The zero-order chi connectivity index (χ0) is 12.4. The fourth-order valence-corrected chi connectivity index (χ4v) is 2.30. The summed E-state index contributed by atoms with van der Waals surface area (Å²) in [5, 5.41) is 3.07. The highest BCUT2D eigenvalue weighted by atomic mass is 16.5. The average Bonchev–Trinajstić information content (AvgIpc) is 2.62. The van der Waals surface area contributed by atoms with Gasteiger partial charge >= 0.3 is 0 Å². The lowest BCUT2D eigenvalue weighted by atomic mass is 10.1. The summed E-state index contributed by atoms with van der Waals surface area (Å²) in [6, 6.07) is 3.93. The molecule has 0 saturated carbocycles. The average molecular weight is 234 g/mol. The molecule has 4 heteroatoms. The van der Waals surface area contributed by atoms with Gasteiger partial charge in [-0.05, 0) is 37.2 Å². The number of nitrogens with zero attached hydrogens (tertiary/aromatic N) is 1. The standard InChI is InChI=1S/C13H18N2O2/c1-9-6-11(17-3)7-10-8-12(16)15(13(9)10)5-4-14-2/h6-7,14H,4-5,8H2,1-3H3. The van der Waals surface area contributed by atoms with Crippen molar-refractivity contribution in [2.24, 2.45) is 0 Å². The van der Waals surface area contributed by atoms with E-state index in [4.69, 9.17) is 4.74 Å². The van der Waals surface area contributed by atoms with Gasteiger partial charge < -0.3 is 15.0 Å². The summed E-state index contributed by atoms with van der Waals surface area (Å²) in [4.78, 5) is 13.8. The topological polar surface area (TPSA) is 41.6 Å². The number of likely N-dealkylation sites (N-methyl/N-ethyl adjacent to an activating group) is 1. The van der Waals surface area contributed by atoms with E-state index in [9.17, 15) is 4.79 Å². The van der Waals surface area contributed by atoms with Crippen LogP contribution >= 0.6 is 0 Å². The van der Waals surface area contributed by atoms with Gasteiger partial charge in [0.05, 0.1) is 19.2 Å². The van der Waals surface area contributed by atoms with Gasteiger partial charge in [0.15, 0.2) is 0 Å². The highest BCUT2D eigenvalue weighted by Crippen LogP contribution is 2.35. The molecule has 4 nitrogen and oxygen atoms in total. The van der Waals surface area contributed by atoms with E-state index in [1.807, 2.05) is 31.0 Å². The van der Waals surface area contributed by atoms with Crippen LogP contribution in [0.4, 0.5) is 5.69 Å². The number of amides is 1. The van der Waals surface area contributed by atoms with E-state index in [1.165, 1.54) is 0 Å². The van der Waals surface area contributed by atoms with E-state index in [0.717, 1.165) is 35.7 Å². The number of carbonyl (C=O) groups excluding carboxylic acids is 1. The first-order chi connectivity index (χ1) is 8.17. The third kappa shape index (κ3) is 2.13. The number of rotatable bonds is 4.